The quantitative estimate of drug-likeness (QED) is 0.791. The number of carboxylic acid groups (broad SMARTS) is 1. The van der Waals surface area contributed by atoms with Gasteiger partial charge in [0.2, 0.25) is 0 Å². The Bertz CT molecular complexity index is 353. The summed E-state index contributed by atoms with van der Waals surface area (Å²) in [5, 5.41) is 9.55. The van der Waals surface area contributed by atoms with E-state index in [0.717, 1.165) is 5.75 Å². The third kappa shape index (κ3) is 2.71. The van der Waals surface area contributed by atoms with Crippen LogP contribution in [0.15, 0.2) is 0 Å². The summed E-state index contributed by atoms with van der Waals surface area (Å²) in [4.78, 5) is 26.9. The molecular weight excluding hydrogens is 272 g/mol. The molecular formula is C11H18N2O3S2. The van der Waals surface area contributed by atoms with Gasteiger partial charge in [-0.05, 0) is 6.92 Å². The molecule has 2 saturated heterocycles. The van der Waals surface area contributed by atoms with E-state index in [0.29, 0.717) is 24.1 Å². The predicted molar refractivity (Wildman–Crippen MR) is 74.1 cm³/mol. The molecule has 0 aromatic carbocycles. The van der Waals surface area contributed by atoms with Gasteiger partial charge in [-0.1, -0.05) is 6.92 Å². The number of thioether (sulfide) groups is 2. The zero-order valence-electron chi connectivity index (χ0n) is 10.5. The van der Waals surface area contributed by atoms with Crippen LogP contribution in [-0.2, 0) is 4.79 Å². The zero-order chi connectivity index (χ0) is 13.3. The van der Waals surface area contributed by atoms with Crippen molar-refractivity contribution in [2.45, 2.75) is 30.5 Å². The lowest BCUT2D eigenvalue weighted by atomic mass is 10.3. The van der Waals surface area contributed by atoms with Crippen LogP contribution in [0.2, 0.25) is 0 Å². The molecule has 7 heteroatoms. The lowest BCUT2D eigenvalue weighted by Gasteiger charge is -2.36. The molecule has 3 unspecified atom stereocenters. The Morgan fingerprint density at radius 2 is 2.00 bits per heavy atom. The van der Waals surface area contributed by atoms with Crippen molar-refractivity contribution in [1.29, 1.82) is 0 Å². The smallest absolute Gasteiger partial charge is 0.327 e. The lowest BCUT2D eigenvalue weighted by molar-refractivity contribution is -0.141. The molecule has 2 fully saturated rings. The van der Waals surface area contributed by atoms with Crippen molar-refractivity contribution < 1.29 is 14.7 Å². The number of aliphatic carboxylic acids is 1. The van der Waals surface area contributed by atoms with Crippen LogP contribution in [0.4, 0.5) is 4.79 Å². The van der Waals surface area contributed by atoms with Crippen molar-refractivity contribution in [3.63, 3.8) is 0 Å². The van der Waals surface area contributed by atoms with Crippen LogP contribution in [0.5, 0.6) is 0 Å². The molecule has 2 heterocycles. The van der Waals surface area contributed by atoms with Crippen molar-refractivity contribution in [3.8, 4) is 0 Å². The molecule has 2 aliphatic heterocycles. The average molecular weight is 290 g/mol. The van der Waals surface area contributed by atoms with E-state index in [1.807, 2.05) is 18.7 Å². The van der Waals surface area contributed by atoms with Gasteiger partial charge in [-0.2, -0.15) is 11.8 Å². The Morgan fingerprint density at radius 1 is 1.28 bits per heavy atom. The Kier molecular flexibility index (Phi) is 4.32. The maximum Gasteiger partial charge on any atom is 0.327 e. The minimum atomic E-state index is -0.903. The molecule has 102 valence electrons. The molecule has 0 aliphatic carbocycles. The second kappa shape index (κ2) is 5.61. The number of hydrogen-bond donors (Lipinski definition) is 1. The van der Waals surface area contributed by atoms with Gasteiger partial charge in [0.05, 0.1) is 5.37 Å². The van der Waals surface area contributed by atoms with Gasteiger partial charge in [0.1, 0.15) is 6.04 Å². The molecule has 0 aromatic heterocycles. The Morgan fingerprint density at radius 3 is 2.61 bits per heavy atom. The predicted octanol–water partition coefficient (Wildman–Crippen LogP) is 1.39. The highest BCUT2D eigenvalue weighted by Crippen LogP contribution is 2.31. The highest BCUT2D eigenvalue weighted by Gasteiger charge is 2.41. The molecule has 0 bridgehead atoms. The topological polar surface area (TPSA) is 60.9 Å². The number of rotatable bonds is 1. The van der Waals surface area contributed by atoms with E-state index in [1.54, 1.807) is 4.90 Å². The van der Waals surface area contributed by atoms with Crippen molar-refractivity contribution in [2.24, 2.45) is 0 Å². The number of carboxylic acids is 1. The first-order chi connectivity index (χ1) is 8.50. The molecule has 18 heavy (non-hydrogen) atoms. The van der Waals surface area contributed by atoms with Crippen molar-refractivity contribution in [1.82, 2.24) is 9.80 Å². The average Bonchev–Trinajstić information content (AvgIpc) is 2.70. The monoisotopic (exact) mass is 290 g/mol. The molecule has 2 rings (SSSR count). The summed E-state index contributed by atoms with van der Waals surface area (Å²) in [6.07, 6.45) is 0. The first kappa shape index (κ1) is 13.9. The van der Waals surface area contributed by atoms with Gasteiger partial charge < -0.3 is 10.0 Å². The molecule has 3 atom stereocenters. The van der Waals surface area contributed by atoms with Crippen molar-refractivity contribution in [2.75, 3.05) is 24.6 Å². The normalized spacial score (nSPS) is 32.7. The van der Waals surface area contributed by atoms with Crippen LogP contribution < -0.4 is 0 Å². The van der Waals surface area contributed by atoms with E-state index in [4.69, 9.17) is 0 Å². The van der Waals surface area contributed by atoms with Crippen LogP contribution in [0.25, 0.3) is 0 Å². The van der Waals surface area contributed by atoms with Crippen molar-refractivity contribution in [3.05, 3.63) is 0 Å². The molecule has 2 aliphatic rings. The summed E-state index contributed by atoms with van der Waals surface area (Å²) in [7, 11) is 0. The van der Waals surface area contributed by atoms with Crippen LogP contribution in [0, 0.1) is 0 Å². The van der Waals surface area contributed by atoms with Gasteiger partial charge in [-0.3, -0.25) is 4.90 Å². The van der Waals surface area contributed by atoms with Crippen LogP contribution in [0.1, 0.15) is 13.8 Å². The third-order valence-corrected chi connectivity index (χ3v) is 5.59. The molecule has 1 N–H and O–H groups in total. The minimum Gasteiger partial charge on any atom is -0.480 e. The fourth-order valence-corrected chi connectivity index (χ4v) is 4.45. The Balaban J connectivity index is 2.08. The first-order valence-electron chi connectivity index (χ1n) is 6.04. The van der Waals surface area contributed by atoms with Gasteiger partial charge in [-0.25, -0.2) is 9.59 Å². The molecule has 0 radical (unpaired) electrons. The minimum absolute atomic E-state index is 0.0523. The SMILES string of the molecule is CC1CN(C(=O)N2C(C)SCC2C(=O)O)CCS1. The van der Waals surface area contributed by atoms with Crippen LogP contribution >= 0.6 is 23.5 Å². The Labute approximate surface area is 115 Å². The molecule has 0 saturated carbocycles. The second-order valence-corrected chi connectivity index (χ2v) is 7.50. The van der Waals surface area contributed by atoms with Crippen molar-refractivity contribution >= 4 is 35.5 Å². The first-order valence-corrected chi connectivity index (χ1v) is 8.13. The number of hydrogen-bond acceptors (Lipinski definition) is 4. The standard InChI is InChI=1S/C11H18N2O3S2/c1-7-5-12(3-4-17-7)11(16)13-8(2)18-6-9(13)10(14)15/h7-9H,3-6H2,1-2H3,(H,14,15). The third-order valence-electron chi connectivity index (χ3n) is 3.24. The lowest BCUT2D eigenvalue weighted by Crippen LogP contribution is -2.53. The number of carbonyl (C=O) groups excluding carboxylic acids is 1. The maximum absolute atomic E-state index is 12.4. The van der Waals surface area contributed by atoms with Gasteiger partial charge in [0, 0.05) is 29.8 Å². The summed E-state index contributed by atoms with van der Waals surface area (Å²) in [6, 6.07) is -0.797. The van der Waals surface area contributed by atoms with E-state index in [9.17, 15) is 14.7 Å². The fraction of sp³-hybridized carbons (Fsp3) is 0.818. The van der Waals surface area contributed by atoms with E-state index >= 15 is 0 Å². The molecule has 0 spiro atoms. The molecule has 5 nitrogen and oxygen atoms in total. The van der Waals surface area contributed by atoms with E-state index in [1.165, 1.54) is 16.7 Å². The highest BCUT2D eigenvalue weighted by molar-refractivity contribution is 8.00. The summed E-state index contributed by atoms with van der Waals surface area (Å²) in [6.45, 7) is 5.42. The number of carbonyl (C=O) groups is 2. The Hall–Kier alpha value is -0.560. The summed E-state index contributed by atoms with van der Waals surface area (Å²) in [5.41, 5.74) is 0. The number of amides is 2. The number of urea groups is 1. The van der Waals surface area contributed by atoms with Gasteiger partial charge in [0.15, 0.2) is 0 Å². The van der Waals surface area contributed by atoms with Gasteiger partial charge in [-0.15, -0.1) is 11.8 Å². The summed E-state index contributed by atoms with van der Waals surface area (Å²) >= 11 is 3.38. The fourth-order valence-electron chi connectivity index (χ4n) is 2.28. The van der Waals surface area contributed by atoms with Gasteiger partial charge in [0.25, 0.3) is 0 Å². The summed E-state index contributed by atoms with van der Waals surface area (Å²) in [5.74, 6) is 0.514. The van der Waals surface area contributed by atoms with E-state index in [2.05, 4.69) is 6.92 Å². The van der Waals surface area contributed by atoms with Crippen LogP contribution in [-0.4, -0.2) is 68.2 Å². The number of nitrogens with zero attached hydrogens (tertiary/aromatic N) is 2. The van der Waals surface area contributed by atoms with E-state index < -0.39 is 12.0 Å². The largest absolute Gasteiger partial charge is 0.480 e. The van der Waals surface area contributed by atoms with E-state index in [-0.39, 0.29) is 11.4 Å². The maximum atomic E-state index is 12.4. The summed E-state index contributed by atoms with van der Waals surface area (Å²) < 4.78 is 0. The highest BCUT2D eigenvalue weighted by atomic mass is 32.2. The zero-order valence-corrected chi connectivity index (χ0v) is 12.2. The second-order valence-electron chi connectivity index (χ2n) is 4.60. The molecule has 0 aromatic rings. The van der Waals surface area contributed by atoms with Crippen LogP contribution in [0.3, 0.4) is 0 Å². The van der Waals surface area contributed by atoms with Gasteiger partial charge >= 0.3 is 12.0 Å². The molecule has 2 amide bonds.